The molecule has 0 aliphatic heterocycles. The highest BCUT2D eigenvalue weighted by atomic mass is 35.5. The van der Waals surface area contributed by atoms with E-state index >= 15 is 0 Å². The van der Waals surface area contributed by atoms with Crippen molar-refractivity contribution < 1.29 is 4.74 Å². The van der Waals surface area contributed by atoms with Crippen LogP contribution in [0.2, 0.25) is 5.02 Å². The first kappa shape index (κ1) is 22.7. The Morgan fingerprint density at radius 1 is 1.21 bits per heavy atom. The van der Waals surface area contributed by atoms with E-state index in [2.05, 4.69) is 31.4 Å². The first-order valence-corrected chi connectivity index (χ1v) is 12.8. The first-order chi connectivity index (χ1) is 18.5. The molecule has 0 bridgehead atoms. The molecular formula is C26H22ClN9O2. The van der Waals surface area contributed by atoms with E-state index in [-0.39, 0.29) is 17.5 Å². The standard InChI is InChI=1S/C26H22ClN9O2/c1-34-23-22(27)21(38-20-12-31-36-5-4-29-10-19(20)36)11-30-24(23)33-26(34)32-18-8-16(15-2-3-15)13-35(25(18)37)17-6-14(7-17)9-28/h4-5,8,10-15,17H,2-3,6-7H2,1H3,(H,30,32,33). The Morgan fingerprint density at radius 3 is 2.84 bits per heavy atom. The molecule has 2 saturated carbocycles. The Kier molecular flexibility index (Phi) is 5.13. The van der Waals surface area contributed by atoms with Crippen LogP contribution in [0.5, 0.6) is 11.5 Å². The summed E-state index contributed by atoms with van der Waals surface area (Å²) in [6.07, 6.45) is 13.7. The Hall–Kier alpha value is -4.43. The number of hydrogen-bond acceptors (Lipinski definition) is 8. The van der Waals surface area contributed by atoms with Gasteiger partial charge in [-0.1, -0.05) is 11.6 Å². The van der Waals surface area contributed by atoms with Crippen LogP contribution in [-0.2, 0) is 7.05 Å². The number of halogens is 1. The van der Waals surface area contributed by atoms with E-state index in [0.717, 1.165) is 18.4 Å². The zero-order valence-corrected chi connectivity index (χ0v) is 21.1. The highest BCUT2D eigenvalue weighted by Crippen LogP contribution is 2.43. The van der Waals surface area contributed by atoms with Crippen LogP contribution in [-0.4, -0.2) is 33.7 Å². The van der Waals surface area contributed by atoms with E-state index in [1.807, 2.05) is 12.3 Å². The van der Waals surface area contributed by atoms with Crippen molar-refractivity contribution in [2.24, 2.45) is 13.0 Å². The number of hydrogen-bond donors (Lipinski definition) is 1. The maximum atomic E-state index is 13.4. The molecule has 11 nitrogen and oxygen atoms in total. The second kappa shape index (κ2) is 8.56. The molecule has 5 aromatic rings. The predicted octanol–water partition coefficient (Wildman–Crippen LogP) is 4.71. The molecule has 5 heterocycles. The molecule has 0 aromatic carbocycles. The molecule has 38 heavy (non-hydrogen) atoms. The van der Waals surface area contributed by atoms with Gasteiger partial charge >= 0.3 is 0 Å². The van der Waals surface area contributed by atoms with Gasteiger partial charge in [-0.25, -0.2) is 9.50 Å². The molecule has 190 valence electrons. The van der Waals surface area contributed by atoms with Gasteiger partial charge in [0.1, 0.15) is 21.7 Å². The van der Waals surface area contributed by atoms with Crippen LogP contribution in [0.4, 0.5) is 11.6 Å². The average Bonchev–Trinajstić information content (AvgIpc) is 3.59. The number of pyridine rings is 2. The smallest absolute Gasteiger partial charge is 0.274 e. The number of aromatic nitrogens is 7. The predicted molar refractivity (Wildman–Crippen MR) is 140 cm³/mol. The number of rotatable bonds is 6. The monoisotopic (exact) mass is 527 g/mol. The van der Waals surface area contributed by atoms with Gasteiger partial charge in [-0.2, -0.15) is 15.3 Å². The number of anilines is 2. The summed E-state index contributed by atoms with van der Waals surface area (Å²) in [5, 5.41) is 17.0. The Balaban J connectivity index is 1.24. The fourth-order valence-electron chi connectivity index (χ4n) is 4.97. The Bertz CT molecular complexity index is 1820. The third kappa shape index (κ3) is 3.68. The number of nitriles is 1. The number of nitrogens with one attached hydrogen (secondary N) is 1. The Morgan fingerprint density at radius 2 is 2.05 bits per heavy atom. The fraction of sp³-hybridized carbons (Fsp3) is 0.308. The average molecular weight is 528 g/mol. The SMILES string of the molecule is Cn1c(Nc2cc(C3CC3)cn(C3CC(C#N)C3)c2=O)nc2ncc(Oc3cnn4ccncc34)c(Cl)c21. The third-order valence-electron chi connectivity index (χ3n) is 7.36. The minimum atomic E-state index is -0.132. The summed E-state index contributed by atoms with van der Waals surface area (Å²) in [5.74, 6) is 1.75. The van der Waals surface area contributed by atoms with Crippen molar-refractivity contribution in [2.75, 3.05) is 5.32 Å². The lowest BCUT2D eigenvalue weighted by Crippen LogP contribution is -2.34. The molecule has 5 aromatic heterocycles. The zero-order valence-electron chi connectivity index (χ0n) is 20.4. The van der Waals surface area contributed by atoms with Crippen molar-refractivity contribution in [3.05, 3.63) is 64.2 Å². The highest BCUT2D eigenvalue weighted by molar-refractivity contribution is 6.36. The van der Waals surface area contributed by atoms with Crippen molar-refractivity contribution in [3.63, 3.8) is 0 Å². The summed E-state index contributed by atoms with van der Waals surface area (Å²) in [7, 11) is 1.81. The largest absolute Gasteiger partial charge is 0.450 e. The van der Waals surface area contributed by atoms with E-state index in [1.165, 1.54) is 6.20 Å². The van der Waals surface area contributed by atoms with Crippen LogP contribution >= 0.6 is 11.6 Å². The summed E-state index contributed by atoms with van der Waals surface area (Å²) in [6, 6.07) is 4.25. The first-order valence-electron chi connectivity index (χ1n) is 12.4. The van der Waals surface area contributed by atoms with Crippen LogP contribution in [0, 0.1) is 17.2 Å². The van der Waals surface area contributed by atoms with Gasteiger partial charge in [0, 0.05) is 31.7 Å². The maximum Gasteiger partial charge on any atom is 0.274 e. The van der Waals surface area contributed by atoms with E-state index in [1.54, 1.807) is 45.5 Å². The van der Waals surface area contributed by atoms with Gasteiger partial charge in [0.2, 0.25) is 5.95 Å². The van der Waals surface area contributed by atoms with E-state index in [0.29, 0.717) is 63.6 Å². The molecule has 1 N–H and O–H groups in total. The van der Waals surface area contributed by atoms with Crippen molar-refractivity contribution in [1.82, 2.24) is 33.7 Å². The normalized spacial score (nSPS) is 18.9. The van der Waals surface area contributed by atoms with Gasteiger partial charge in [0.05, 0.1) is 30.6 Å². The lowest BCUT2D eigenvalue weighted by molar-refractivity contribution is 0.243. The number of ether oxygens (including phenoxy) is 1. The van der Waals surface area contributed by atoms with Gasteiger partial charge in [-0.3, -0.25) is 9.78 Å². The highest BCUT2D eigenvalue weighted by Gasteiger charge is 2.33. The van der Waals surface area contributed by atoms with Gasteiger partial charge in [0.15, 0.2) is 17.1 Å². The summed E-state index contributed by atoms with van der Waals surface area (Å²) < 4.78 is 11.2. The molecule has 0 radical (unpaired) electrons. The minimum Gasteiger partial charge on any atom is -0.450 e. The fourth-order valence-corrected chi connectivity index (χ4v) is 5.27. The van der Waals surface area contributed by atoms with Gasteiger partial charge in [-0.05, 0) is 43.2 Å². The quantitative estimate of drug-likeness (QED) is 0.336. The molecule has 0 spiro atoms. The summed E-state index contributed by atoms with van der Waals surface area (Å²) in [4.78, 5) is 26.6. The molecule has 0 atom stereocenters. The van der Waals surface area contributed by atoms with Crippen LogP contribution in [0.3, 0.4) is 0 Å². The number of imidazole rings is 1. The molecule has 12 heteroatoms. The summed E-state index contributed by atoms with van der Waals surface area (Å²) >= 11 is 6.77. The maximum absolute atomic E-state index is 13.4. The molecule has 0 amide bonds. The summed E-state index contributed by atoms with van der Waals surface area (Å²) in [5.41, 5.74) is 3.11. The lowest BCUT2D eigenvalue weighted by Gasteiger charge is -2.32. The molecule has 2 fully saturated rings. The minimum absolute atomic E-state index is 0.00867. The molecule has 7 rings (SSSR count). The van der Waals surface area contributed by atoms with Crippen LogP contribution in [0.1, 0.15) is 43.2 Å². The number of nitrogens with zero attached hydrogens (tertiary/aromatic N) is 8. The second-order valence-corrected chi connectivity index (χ2v) is 10.2. The molecule has 0 unspecified atom stereocenters. The van der Waals surface area contributed by atoms with Crippen molar-refractivity contribution in [1.29, 1.82) is 5.26 Å². The van der Waals surface area contributed by atoms with Crippen molar-refractivity contribution >= 4 is 39.9 Å². The number of aryl methyl sites for hydroxylation is 1. The van der Waals surface area contributed by atoms with Gasteiger partial charge in [0.25, 0.3) is 5.56 Å². The van der Waals surface area contributed by atoms with E-state index < -0.39 is 0 Å². The second-order valence-electron chi connectivity index (χ2n) is 9.87. The van der Waals surface area contributed by atoms with Crippen LogP contribution in [0.25, 0.3) is 16.7 Å². The van der Waals surface area contributed by atoms with Gasteiger partial charge in [-0.15, -0.1) is 0 Å². The van der Waals surface area contributed by atoms with Crippen molar-refractivity contribution in [3.8, 4) is 17.6 Å². The zero-order chi connectivity index (χ0) is 26.0. The van der Waals surface area contributed by atoms with E-state index in [4.69, 9.17) is 16.3 Å². The third-order valence-corrected chi connectivity index (χ3v) is 7.73. The molecule has 2 aliphatic carbocycles. The van der Waals surface area contributed by atoms with Crippen LogP contribution in [0.15, 0.2) is 48.0 Å². The molecular weight excluding hydrogens is 506 g/mol. The van der Waals surface area contributed by atoms with Crippen LogP contribution < -0.4 is 15.6 Å². The molecule has 0 saturated heterocycles. The van der Waals surface area contributed by atoms with Crippen molar-refractivity contribution in [2.45, 2.75) is 37.6 Å². The lowest BCUT2D eigenvalue weighted by atomic mass is 9.81. The topological polar surface area (TPSA) is 128 Å². The molecule has 2 aliphatic rings. The number of fused-ring (bicyclic) bond motifs is 2. The summed E-state index contributed by atoms with van der Waals surface area (Å²) in [6.45, 7) is 0. The Labute approximate surface area is 221 Å². The van der Waals surface area contributed by atoms with E-state index in [9.17, 15) is 10.1 Å². The van der Waals surface area contributed by atoms with Gasteiger partial charge < -0.3 is 19.2 Å².